The van der Waals surface area contributed by atoms with Crippen LogP contribution in [0.15, 0.2) is 0 Å². The van der Waals surface area contributed by atoms with Crippen molar-refractivity contribution >= 4 is 17.7 Å². The number of aliphatic carboxylic acids is 1. The minimum atomic E-state index is -0.973. The third-order valence-corrected chi connectivity index (χ3v) is 4.24. The van der Waals surface area contributed by atoms with E-state index in [0.717, 1.165) is 12.8 Å². The van der Waals surface area contributed by atoms with Crippen molar-refractivity contribution < 1.29 is 14.7 Å². The number of aromatic nitrogens is 2. The smallest absolute Gasteiger partial charge is 0.329 e. The molecule has 0 spiro atoms. The third-order valence-electron chi connectivity index (χ3n) is 4.24. The van der Waals surface area contributed by atoms with E-state index >= 15 is 0 Å². The van der Waals surface area contributed by atoms with Gasteiger partial charge in [0.25, 0.3) is 5.91 Å². The molecule has 0 radical (unpaired) electrons. The van der Waals surface area contributed by atoms with E-state index in [-0.39, 0.29) is 0 Å². The van der Waals surface area contributed by atoms with Gasteiger partial charge in [-0.15, -0.1) is 0 Å². The first-order valence-electron chi connectivity index (χ1n) is 7.19. The fraction of sp³-hybridized carbons (Fsp3) is 0.643. The number of rotatable bonds is 5. The summed E-state index contributed by atoms with van der Waals surface area (Å²) in [5.41, 5.74) is 5.35. The molecule has 3 N–H and O–H groups in total. The molecule has 1 fully saturated rings. The van der Waals surface area contributed by atoms with Crippen LogP contribution in [-0.4, -0.2) is 38.8 Å². The van der Waals surface area contributed by atoms with Gasteiger partial charge in [-0.25, -0.2) is 4.79 Å². The third kappa shape index (κ3) is 2.26. The van der Waals surface area contributed by atoms with Crippen LogP contribution in [-0.2, 0) is 11.8 Å². The normalized spacial score (nSPS) is 21.8. The van der Waals surface area contributed by atoms with E-state index in [0.29, 0.717) is 36.5 Å². The lowest BCUT2D eigenvalue weighted by Gasteiger charge is -2.36. The maximum atomic E-state index is 11.9. The number of primary amides is 1. The summed E-state index contributed by atoms with van der Waals surface area (Å²) in [7, 11) is 1.71. The van der Waals surface area contributed by atoms with Gasteiger partial charge in [-0.1, -0.05) is 13.3 Å². The van der Waals surface area contributed by atoms with Crippen molar-refractivity contribution in [3.63, 3.8) is 0 Å². The van der Waals surface area contributed by atoms with E-state index in [1.807, 2.05) is 6.92 Å². The summed E-state index contributed by atoms with van der Waals surface area (Å²) < 4.78 is 1.56. The lowest BCUT2D eigenvalue weighted by molar-refractivity contribution is -0.143. The summed E-state index contributed by atoms with van der Waals surface area (Å²) in [6.45, 7) is 4.26. The molecule has 21 heavy (non-hydrogen) atoms. The van der Waals surface area contributed by atoms with Gasteiger partial charge in [-0.2, -0.15) is 5.10 Å². The molecule has 1 atom stereocenters. The van der Waals surface area contributed by atoms with Crippen LogP contribution in [0.5, 0.6) is 0 Å². The van der Waals surface area contributed by atoms with Crippen molar-refractivity contribution in [3.8, 4) is 0 Å². The van der Waals surface area contributed by atoms with Gasteiger partial charge in [0.1, 0.15) is 16.9 Å². The second-order valence-corrected chi connectivity index (χ2v) is 5.61. The van der Waals surface area contributed by atoms with Gasteiger partial charge in [0.05, 0.1) is 5.69 Å². The molecule has 1 aromatic rings. The lowest BCUT2D eigenvalue weighted by atomic mass is 9.90. The number of hydrogen-bond acceptors (Lipinski definition) is 4. The van der Waals surface area contributed by atoms with E-state index in [9.17, 15) is 14.7 Å². The van der Waals surface area contributed by atoms with Crippen LogP contribution in [0, 0.1) is 6.92 Å². The topological polar surface area (TPSA) is 101 Å². The number of carbonyl (C=O) groups excluding carboxylic acids is 1. The molecule has 1 aliphatic heterocycles. The average molecular weight is 294 g/mol. The number of anilines is 1. The number of carbonyl (C=O) groups is 2. The Labute approximate surface area is 123 Å². The minimum Gasteiger partial charge on any atom is -0.479 e. The van der Waals surface area contributed by atoms with Gasteiger partial charge in [0.2, 0.25) is 0 Å². The average Bonchev–Trinajstić information content (AvgIpc) is 2.91. The molecule has 1 unspecified atom stereocenters. The molecule has 0 aromatic carbocycles. The molecule has 7 nitrogen and oxygen atoms in total. The molecule has 1 saturated heterocycles. The molecular formula is C14H22N4O3. The SMILES string of the molecule is CCCC1(C(=O)O)CCCN1c1c(C(N)=O)c(C)nn1C. The first-order chi connectivity index (χ1) is 9.85. The highest BCUT2D eigenvalue weighted by Crippen LogP contribution is 2.39. The Morgan fingerprint density at radius 1 is 1.48 bits per heavy atom. The van der Waals surface area contributed by atoms with Crippen LogP contribution in [0.4, 0.5) is 5.82 Å². The predicted molar refractivity (Wildman–Crippen MR) is 78.3 cm³/mol. The van der Waals surface area contributed by atoms with E-state index in [4.69, 9.17) is 5.73 Å². The van der Waals surface area contributed by atoms with Crippen LogP contribution < -0.4 is 10.6 Å². The summed E-state index contributed by atoms with van der Waals surface area (Å²) in [4.78, 5) is 25.5. The number of carboxylic acids is 1. The van der Waals surface area contributed by atoms with Crippen molar-refractivity contribution in [3.05, 3.63) is 11.3 Å². The molecule has 2 rings (SSSR count). The Morgan fingerprint density at radius 2 is 2.14 bits per heavy atom. The zero-order valence-electron chi connectivity index (χ0n) is 12.7. The van der Waals surface area contributed by atoms with Crippen molar-refractivity contribution in [2.45, 2.75) is 45.1 Å². The van der Waals surface area contributed by atoms with Crippen molar-refractivity contribution in [1.82, 2.24) is 9.78 Å². The van der Waals surface area contributed by atoms with Gasteiger partial charge >= 0.3 is 5.97 Å². The Balaban J connectivity index is 2.59. The first-order valence-corrected chi connectivity index (χ1v) is 7.19. The van der Waals surface area contributed by atoms with E-state index in [2.05, 4.69) is 5.10 Å². The van der Waals surface area contributed by atoms with Gasteiger partial charge in [0, 0.05) is 13.6 Å². The zero-order valence-corrected chi connectivity index (χ0v) is 12.7. The molecule has 1 aromatic heterocycles. The van der Waals surface area contributed by atoms with Gasteiger partial charge < -0.3 is 15.7 Å². The first kappa shape index (κ1) is 15.3. The van der Waals surface area contributed by atoms with Crippen LogP contribution >= 0.6 is 0 Å². The van der Waals surface area contributed by atoms with Crippen LogP contribution in [0.3, 0.4) is 0 Å². The number of nitrogens with two attached hydrogens (primary N) is 1. The van der Waals surface area contributed by atoms with Gasteiger partial charge in [-0.3, -0.25) is 9.48 Å². The van der Waals surface area contributed by atoms with Gasteiger partial charge in [-0.05, 0) is 26.2 Å². The van der Waals surface area contributed by atoms with Crippen molar-refractivity contribution in [2.24, 2.45) is 12.8 Å². The highest BCUT2D eigenvalue weighted by molar-refractivity contribution is 6.00. The predicted octanol–water partition coefficient (Wildman–Crippen LogP) is 1.05. The zero-order chi connectivity index (χ0) is 15.8. The molecule has 116 valence electrons. The number of nitrogens with zero attached hydrogens (tertiary/aromatic N) is 3. The van der Waals surface area contributed by atoms with Crippen LogP contribution in [0.1, 0.15) is 48.7 Å². The Bertz CT molecular complexity index is 581. The minimum absolute atomic E-state index is 0.320. The standard InChI is InChI=1S/C14H22N4O3/c1-4-6-14(13(20)21)7-5-8-18(14)12-10(11(15)19)9(2)16-17(12)3/h4-8H2,1-3H3,(H2,15,19)(H,20,21). The summed E-state index contributed by atoms with van der Waals surface area (Å²) in [6, 6.07) is 0. The maximum Gasteiger partial charge on any atom is 0.329 e. The Kier molecular flexibility index (Phi) is 3.93. The summed E-state index contributed by atoms with van der Waals surface area (Å²) in [6.07, 6.45) is 2.63. The molecule has 0 bridgehead atoms. The lowest BCUT2D eigenvalue weighted by Crippen LogP contribution is -2.51. The second kappa shape index (κ2) is 5.38. The maximum absolute atomic E-state index is 11.9. The van der Waals surface area contributed by atoms with Crippen molar-refractivity contribution in [2.75, 3.05) is 11.4 Å². The highest BCUT2D eigenvalue weighted by atomic mass is 16.4. The monoisotopic (exact) mass is 294 g/mol. The number of amides is 1. The van der Waals surface area contributed by atoms with Crippen molar-refractivity contribution in [1.29, 1.82) is 0 Å². The molecular weight excluding hydrogens is 272 g/mol. The highest BCUT2D eigenvalue weighted by Gasteiger charge is 2.49. The molecule has 1 aliphatic rings. The fourth-order valence-electron chi connectivity index (χ4n) is 3.43. The van der Waals surface area contributed by atoms with E-state index in [1.165, 1.54) is 0 Å². The van der Waals surface area contributed by atoms with Gasteiger partial charge in [0.15, 0.2) is 0 Å². The molecule has 0 aliphatic carbocycles. The van der Waals surface area contributed by atoms with E-state index in [1.54, 1.807) is 23.6 Å². The number of carboxylic acid groups (broad SMARTS) is 1. The largest absolute Gasteiger partial charge is 0.479 e. The molecule has 0 saturated carbocycles. The van der Waals surface area contributed by atoms with E-state index < -0.39 is 17.4 Å². The number of aryl methyl sites for hydroxylation is 2. The van der Waals surface area contributed by atoms with Crippen LogP contribution in [0.25, 0.3) is 0 Å². The van der Waals surface area contributed by atoms with Crippen LogP contribution in [0.2, 0.25) is 0 Å². The summed E-state index contributed by atoms with van der Waals surface area (Å²) in [5.74, 6) is -0.900. The molecule has 2 heterocycles. The molecule has 1 amide bonds. The Hall–Kier alpha value is -2.05. The fourth-order valence-corrected chi connectivity index (χ4v) is 3.43. The number of hydrogen-bond donors (Lipinski definition) is 2. The second-order valence-electron chi connectivity index (χ2n) is 5.61. The summed E-state index contributed by atoms with van der Waals surface area (Å²) >= 11 is 0. The quantitative estimate of drug-likeness (QED) is 0.845. The summed E-state index contributed by atoms with van der Waals surface area (Å²) in [5, 5.41) is 14.0. The Morgan fingerprint density at radius 3 is 2.67 bits per heavy atom. The molecule has 7 heteroatoms.